The molecule has 6 nitrogen and oxygen atoms in total. The third-order valence-electron chi connectivity index (χ3n) is 2.83. The monoisotopic (exact) mass is 327 g/mol. The molecule has 3 N–H and O–H groups in total. The third-order valence-corrected chi connectivity index (χ3v) is 5.92. The topological polar surface area (TPSA) is 102 Å². The predicted octanol–water partition coefficient (Wildman–Crippen LogP) is 1.57. The number of aromatic nitrogens is 1. The van der Waals surface area contributed by atoms with E-state index in [-0.39, 0.29) is 4.34 Å². The van der Waals surface area contributed by atoms with Gasteiger partial charge in [-0.2, -0.15) is 0 Å². The lowest BCUT2D eigenvalue weighted by molar-refractivity contribution is -0.118. The smallest absolute Gasteiger partial charge is 0.235 e. The van der Waals surface area contributed by atoms with E-state index in [1.807, 2.05) is 6.92 Å². The number of sulfone groups is 1. The van der Waals surface area contributed by atoms with Crippen molar-refractivity contribution in [3.05, 3.63) is 18.2 Å². The summed E-state index contributed by atoms with van der Waals surface area (Å²) in [5.74, 6) is -1.08. The number of nitrogens with zero attached hydrogens (tertiary/aromatic N) is 1. The van der Waals surface area contributed by atoms with Crippen molar-refractivity contribution in [1.29, 1.82) is 0 Å². The van der Waals surface area contributed by atoms with E-state index in [2.05, 4.69) is 10.3 Å². The molecule has 0 saturated heterocycles. The maximum atomic E-state index is 12.2. The molecule has 114 valence electrons. The largest absolute Gasteiger partial charge is 0.399 e. The number of nitrogen functional groups attached to an aromatic ring is 1. The van der Waals surface area contributed by atoms with Gasteiger partial charge in [0.05, 0.1) is 10.2 Å². The average molecular weight is 327 g/mol. The van der Waals surface area contributed by atoms with Crippen molar-refractivity contribution in [3.8, 4) is 0 Å². The molecule has 2 aromatic rings. The zero-order chi connectivity index (χ0) is 15.5. The van der Waals surface area contributed by atoms with E-state index in [1.54, 1.807) is 18.2 Å². The zero-order valence-corrected chi connectivity index (χ0v) is 13.3. The molecule has 1 heterocycles. The number of unbranched alkanes of at least 4 members (excludes halogenated alkanes) is 1. The number of benzene rings is 1. The molecule has 1 aromatic heterocycles. The third kappa shape index (κ3) is 3.92. The molecule has 0 spiro atoms. The van der Waals surface area contributed by atoms with Crippen LogP contribution in [-0.2, 0) is 14.6 Å². The molecule has 0 aliphatic carbocycles. The highest BCUT2D eigenvalue weighted by Gasteiger charge is 2.23. The standard InChI is InChI=1S/C13H17N3O3S2/c1-2-3-6-15-12(17)8-21(18,19)13-16-10-5-4-9(14)7-11(10)20-13/h4-5,7H,2-3,6,8,14H2,1H3,(H,15,17). The quantitative estimate of drug-likeness (QED) is 0.619. The Kier molecular flexibility index (Phi) is 4.79. The number of carbonyl (C=O) groups is 1. The normalized spacial score (nSPS) is 11.7. The molecular weight excluding hydrogens is 310 g/mol. The Morgan fingerprint density at radius 3 is 2.90 bits per heavy atom. The molecule has 0 atom stereocenters. The lowest BCUT2D eigenvalue weighted by Gasteiger charge is -2.03. The first-order chi connectivity index (χ1) is 9.92. The molecule has 2 rings (SSSR count). The molecule has 0 unspecified atom stereocenters. The van der Waals surface area contributed by atoms with Crippen LogP contribution in [0.3, 0.4) is 0 Å². The summed E-state index contributed by atoms with van der Waals surface area (Å²) in [6, 6.07) is 5.00. The van der Waals surface area contributed by atoms with E-state index in [0.717, 1.165) is 24.2 Å². The van der Waals surface area contributed by atoms with Crippen LogP contribution in [0.1, 0.15) is 19.8 Å². The van der Waals surface area contributed by atoms with Crippen LogP contribution >= 0.6 is 11.3 Å². The molecule has 0 aliphatic heterocycles. The molecular formula is C13H17N3O3S2. The van der Waals surface area contributed by atoms with Crippen molar-refractivity contribution in [2.45, 2.75) is 24.1 Å². The van der Waals surface area contributed by atoms with Gasteiger partial charge in [-0.3, -0.25) is 4.79 Å². The van der Waals surface area contributed by atoms with Crippen molar-refractivity contribution in [2.24, 2.45) is 0 Å². The number of thiazole rings is 1. The Labute approximate surface area is 127 Å². The van der Waals surface area contributed by atoms with Gasteiger partial charge in [0, 0.05) is 12.2 Å². The number of fused-ring (bicyclic) bond motifs is 1. The predicted molar refractivity (Wildman–Crippen MR) is 84.0 cm³/mol. The van der Waals surface area contributed by atoms with Crippen LogP contribution in [0.2, 0.25) is 0 Å². The summed E-state index contributed by atoms with van der Waals surface area (Å²) in [6.07, 6.45) is 1.76. The van der Waals surface area contributed by atoms with Gasteiger partial charge in [-0.1, -0.05) is 13.3 Å². The Hall–Kier alpha value is -1.67. The van der Waals surface area contributed by atoms with E-state index in [1.165, 1.54) is 0 Å². The van der Waals surface area contributed by atoms with Gasteiger partial charge in [0.15, 0.2) is 0 Å². The van der Waals surface area contributed by atoms with E-state index < -0.39 is 21.5 Å². The lowest BCUT2D eigenvalue weighted by Crippen LogP contribution is -2.30. The summed E-state index contributed by atoms with van der Waals surface area (Å²) in [6.45, 7) is 2.48. The number of rotatable bonds is 6. The molecule has 21 heavy (non-hydrogen) atoms. The average Bonchev–Trinajstić information content (AvgIpc) is 2.82. The van der Waals surface area contributed by atoms with Gasteiger partial charge >= 0.3 is 0 Å². The van der Waals surface area contributed by atoms with Crippen molar-refractivity contribution >= 4 is 43.0 Å². The summed E-state index contributed by atoms with van der Waals surface area (Å²) >= 11 is 1.03. The lowest BCUT2D eigenvalue weighted by atomic mass is 10.3. The van der Waals surface area contributed by atoms with E-state index in [9.17, 15) is 13.2 Å². The second-order valence-corrected chi connectivity index (χ2v) is 7.86. The molecule has 1 amide bonds. The minimum absolute atomic E-state index is 0.0475. The van der Waals surface area contributed by atoms with Crippen LogP contribution in [-0.4, -0.2) is 31.6 Å². The number of nitrogens with two attached hydrogens (primary N) is 1. The first-order valence-electron chi connectivity index (χ1n) is 6.58. The van der Waals surface area contributed by atoms with Gasteiger partial charge in [-0.15, -0.1) is 11.3 Å². The molecule has 1 aromatic carbocycles. The second-order valence-electron chi connectivity index (χ2n) is 4.67. The summed E-state index contributed by atoms with van der Waals surface area (Å²) in [7, 11) is -3.72. The number of anilines is 1. The number of nitrogens with one attached hydrogen (secondary N) is 1. The van der Waals surface area contributed by atoms with Crippen LogP contribution in [0.15, 0.2) is 22.5 Å². The summed E-state index contributed by atoms with van der Waals surface area (Å²) < 4.78 is 25.0. The summed E-state index contributed by atoms with van der Waals surface area (Å²) in [5, 5.41) is 2.59. The maximum Gasteiger partial charge on any atom is 0.235 e. The van der Waals surface area contributed by atoms with Crippen LogP contribution < -0.4 is 11.1 Å². The van der Waals surface area contributed by atoms with Gasteiger partial charge in [0.2, 0.25) is 20.1 Å². The molecule has 0 aliphatic rings. The second kappa shape index (κ2) is 6.40. The van der Waals surface area contributed by atoms with Gasteiger partial charge in [0.1, 0.15) is 5.75 Å². The number of hydrogen-bond donors (Lipinski definition) is 2. The first-order valence-corrected chi connectivity index (χ1v) is 9.05. The minimum atomic E-state index is -3.72. The van der Waals surface area contributed by atoms with Crippen LogP contribution in [0.25, 0.3) is 10.2 Å². The first kappa shape index (κ1) is 15.7. The van der Waals surface area contributed by atoms with Gasteiger partial charge in [-0.05, 0) is 24.6 Å². The Morgan fingerprint density at radius 2 is 2.19 bits per heavy atom. The van der Waals surface area contributed by atoms with Gasteiger partial charge < -0.3 is 11.1 Å². The fraction of sp³-hybridized carbons (Fsp3) is 0.385. The summed E-state index contributed by atoms with van der Waals surface area (Å²) in [4.78, 5) is 15.7. The Morgan fingerprint density at radius 1 is 1.43 bits per heavy atom. The van der Waals surface area contributed by atoms with Crippen molar-refractivity contribution in [3.63, 3.8) is 0 Å². The Balaban J connectivity index is 2.15. The van der Waals surface area contributed by atoms with Crippen molar-refractivity contribution < 1.29 is 13.2 Å². The molecule has 0 radical (unpaired) electrons. The minimum Gasteiger partial charge on any atom is -0.399 e. The van der Waals surface area contributed by atoms with Crippen molar-refractivity contribution in [1.82, 2.24) is 10.3 Å². The fourth-order valence-corrected chi connectivity index (χ4v) is 4.25. The van der Waals surface area contributed by atoms with E-state index in [4.69, 9.17) is 5.73 Å². The van der Waals surface area contributed by atoms with Crippen LogP contribution in [0, 0.1) is 0 Å². The molecule has 0 fully saturated rings. The zero-order valence-electron chi connectivity index (χ0n) is 11.6. The maximum absolute atomic E-state index is 12.2. The van der Waals surface area contributed by atoms with Gasteiger partial charge in [0.25, 0.3) is 0 Å². The van der Waals surface area contributed by atoms with Crippen LogP contribution in [0.4, 0.5) is 5.69 Å². The number of amides is 1. The van der Waals surface area contributed by atoms with Gasteiger partial charge in [-0.25, -0.2) is 13.4 Å². The number of hydrogen-bond acceptors (Lipinski definition) is 6. The highest BCUT2D eigenvalue weighted by molar-refractivity contribution is 7.94. The number of carbonyl (C=O) groups excluding carboxylic acids is 1. The van der Waals surface area contributed by atoms with E-state index >= 15 is 0 Å². The van der Waals surface area contributed by atoms with E-state index in [0.29, 0.717) is 22.4 Å². The van der Waals surface area contributed by atoms with Crippen molar-refractivity contribution in [2.75, 3.05) is 18.0 Å². The SMILES string of the molecule is CCCCNC(=O)CS(=O)(=O)c1nc2ccc(N)cc2s1. The molecule has 0 saturated carbocycles. The molecule has 0 bridgehead atoms. The fourth-order valence-electron chi connectivity index (χ4n) is 1.74. The highest BCUT2D eigenvalue weighted by atomic mass is 32.2. The van der Waals surface area contributed by atoms with Crippen LogP contribution in [0.5, 0.6) is 0 Å². The highest BCUT2D eigenvalue weighted by Crippen LogP contribution is 2.27. The Bertz CT molecular complexity index is 753. The molecule has 8 heteroatoms. The summed E-state index contributed by atoms with van der Waals surface area (Å²) in [5.41, 5.74) is 6.77.